The van der Waals surface area contributed by atoms with Crippen LogP contribution in [0.15, 0.2) is 36.5 Å². The minimum Gasteiger partial charge on any atom is -0.388 e. The number of aliphatic hydroxyl groups excluding tert-OH is 1. The smallest absolute Gasteiger partial charge is 0.0825 e. The third-order valence-electron chi connectivity index (χ3n) is 4.42. The standard InChI is InChI=1S/C17H21NO/c1-12-5-4-6-13(11-12)17(19)15-9-10-18-16-8-3-2-7-14(15)16/h2-3,7-10,12-13,17,19H,4-6,11H2,1H3. The first-order valence-electron chi connectivity index (χ1n) is 7.27. The van der Waals surface area contributed by atoms with Gasteiger partial charge in [-0.05, 0) is 42.4 Å². The zero-order chi connectivity index (χ0) is 13.2. The highest BCUT2D eigenvalue weighted by Gasteiger charge is 2.27. The summed E-state index contributed by atoms with van der Waals surface area (Å²) in [6.07, 6.45) is 6.29. The number of pyridine rings is 1. The Morgan fingerprint density at radius 2 is 2.05 bits per heavy atom. The number of benzene rings is 1. The van der Waals surface area contributed by atoms with Gasteiger partial charge in [-0.3, -0.25) is 4.98 Å². The molecule has 2 heteroatoms. The molecule has 0 amide bonds. The first kappa shape index (κ1) is 12.6. The Balaban J connectivity index is 1.95. The molecule has 19 heavy (non-hydrogen) atoms. The van der Waals surface area contributed by atoms with Crippen molar-refractivity contribution in [2.75, 3.05) is 0 Å². The number of rotatable bonds is 2. The largest absolute Gasteiger partial charge is 0.388 e. The van der Waals surface area contributed by atoms with Crippen LogP contribution in [0.5, 0.6) is 0 Å². The predicted molar refractivity (Wildman–Crippen MR) is 77.8 cm³/mol. The number of para-hydroxylation sites is 1. The summed E-state index contributed by atoms with van der Waals surface area (Å²) in [5.74, 6) is 1.14. The van der Waals surface area contributed by atoms with E-state index < -0.39 is 0 Å². The first-order chi connectivity index (χ1) is 9.25. The summed E-state index contributed by atoms with van der Waals surface area (Å²) in [4.78, 5) is 4.37. The molecule has 2 aromatic rings. The van der Waals surface area contributed by atoms with Crippen molar-refractivity contribution < 1.29 is 5.11 Å². The number of aromatic nitrogens is 1. The lowest BCUT2D eigenvalue weighted by Crippen LogP contribution is -2.20. The monoisotopic (exact) mass is 255 g/mol. The van der Waals surface area contributed by atoms with Gasteiger partial charge in [-0.1, -0.05) is 38.0 Å². The molecule has 2 nitrogen and oxygen atoms in total. The third kappa shape index (κ3) is 2.50. The van der Waals surface area contributed by atoms with E-state index in [0.717, 1.165) is 35.2 Å². The van der Waals surface area contributed by atoms with E-state index in [9.17, 15) is 5.11 Å². The molecule has 3 unspecified atom stereocenters. The second kappa shape index (κ2) is 5.30. The molecule has 1 heterocycles. The third-order valence-corrected chi connectivity index (χ3v) is 4.42. The van der Waals surface area contributed by atoms with Crippen LogP contribution < -0.4 is 0 Å². The van der Waals surface area contributed by atoms with E-state index >= 15 is 0 Å². The van der Waals surface area contributed by atoms with Crippen LogP contribution in [0.2, 0.25) is 0 Å². The van der Waals surface area contributed by atoms with Gasteiger partial charge >= 0.3 is 0 Å². The van der Waals surface area contributed by atoms with Gasteiger partial charge in [0, 0.05) is 11.6 Å². The molecule has 1 aliphatic rings. The number of hydrogen-bond acceptors (Lipinski definition) is 2. The van der Waals surface area contributed by atoms with E-state index in [1.54, 1.807) is 0 Å². The van der Waals surface area contributed by atoms with Gasteiger partial charge in [-0.15, -0.1) is 0 Å². The summed E-state index contributed by atoms with van der Waals surface area (Å²) in [5.41, 5.74) is 2.02. The fourth-order valence-corrected chi connectivity index (χ4v) is 3.40. The summed E-state index contributed by atoms with van der Waals surface area (Å²) < 4.78 is 0. The average molecular weight is 255 g/mol. The van der Waals surface area contributed by atoms with Gasteiger partial charge in [0.05, 0.1) is 11.6 Å². The van der Waals surface area contributed by atoms with Crippen molar-refractivity contribution in [2.24, 2.45) is 11.8 Å². The average Bonchev–Trinajstić information content (AvgIpc) is 2.46. The highest BCUT2D eigenvalue weighted by atomic mass is 16.3. The topological polar surface area (TPSA) is 33.1 Å². The molecular weight excluding hydrogens is 234 g/mol. The number of hydrogen-bond donors (Lipinski definition) is 1. The summed E-state index contributed by atoms with van der Waals surface area (Å²) in [5, 5.41) is 11.8. The Hall–Kier alpha value is -1.41. The molecule has 100 valence electrons. The summed E-state index contributed by atoms with van der Waals surface area (Å²) in [7, 11) is 0. The number of nitrogens with zero attached hydrogens (tertiary/aromatic N) is 1. The molecule has 0 saturated heterocycles. The summed E-state index contributed by atoms with van der Waals surface area (Å²) >= 11 is 0. The van der Waals surface area contributed by atoms with Crippen molar-refractivity contribution in [3.05, 3.63) is 42.1 Å². The van der Waals surface area contributed by atoms with Crippen LogP contribution in [0, 0.1) is 11.8 Å². The Kier molecular flexibility index (Phi) is 3.52. The van der Waals surface area contributed by atoms with Gasteiger partial charge < -0.3 is 5.11 Å². The zero-order valence-corrected chi connectivity index (χ0v) is 11.4. The van der Waals surface area contributed by atoms with Crippen molar-refractivity contribution in [1.82, 2.24) is 4.98 Å². The van der Waals surface area contributed by atoms with Crippen molar-refractivity contribution in [3.8, 4) is 0 Å². The van der Waals surface area contributed by atoms with Gasteiger partial charge in [0.2, 0.25) is 0 Å². The molecule has 1 aromatic carbocycles. The SMILES string of the molecule is CC1CCCC(C(O)c2ccnc3ccccc23)C1. The highest BCUT2D eigenvalue weighted by molar-refractivity contribution is 5.82. The van der Waals surface area contributed by atoms with Crippen molar-refractivity contribution >= 4 is 10.9 Å². The van der Waals surface area contributed by atoms with Crippen LogP contribution in [0.4, 0.5) is 0 Å². The molecule has 3 rings (SSSR count). The maximum Gasteiger partial charge on any atom is 0.0825 e. The number of aliphatic hydroxyl groups is 1. The lowest BCUT2D eigenvalue weighted by Gasteiger charge is -2.31. The van der Waals surface area contributed by atoms with Crippen LogP contribution >= 0.6 is 0 Å². The van der Waals surface area contributed by atoms with Crippen LogP contribution in [-0.4, -0.2) is 10.1 Å². The van der Waals surface area contributed by atoms with E-state index in [1.807, 2.05) is 30.5 Å². The van der Waals surface area contributed by atoms with E-state index in [0.29, 0.717) is 5.92 Å². The Morgan fingerprint density at radius 1 is 1.21 bits per heavy atom. The van der Waals surface area contributed by atoms with Gasteiger partial charge in [-0.25, -0.2) is 0 Å². The van der Waals surface area contributed by atoms with E-state index in [2.05, 4.69) is 18.0 Å². The Bertz CT molecular complexity index is 561. The molecule has 3 atom stereocenters. The molecule has 1 aromatic heterocycles. The minimum absolute atomic E-state index is 0.351. The fourth-order valence-electron chi connectivity index (χ4n) is 3.40. The van der Waals surface area contributed by atoms with Crippen LogP contribution in [0.1, 0.15) is 44.3 Å². The van der Waals surface area contributed by atoms with Crippen LogP contribution in [0.3, 0.4) is 0 Å². The molecule has 0 spiro atoms. The van der Waals surface area contributed by atoms with Crippen LogP contribution in [0.25, 0.3) is 10.9 Å². The van der Waals surface area contributed by atoms with Crippen molar-refractivity contribution in [2.45, 2.75) is 38.7 Å². The lowest BCUT2D eigenvalue weighted by molar-refractivity contribution is 0.0725. The van der Waals surface area contributed by atoms with Gasteiger partial charge in [0.25, 0.3) is 0 Å². The minimum atomic E-state index is -0.351. The maximum atomic E-state index is 10.7. The molecule has 1 saturated carbocycles. The van der Waals surface area contributed by atoms with Crippen molar-refractivity contribution in [1.29, 1.82) is 0 Å². The van der Waals surface area contributed by atoms with E-state index in [1.165, 1.54) is 12.8 Å². The van der Waals surface area contributed by atoms with Crippen molar-refractivity contribution in [3.63, 3.8) is 0 Å². The lowest BCUT2D eigenvalue weighted by atomic mass is 9.77. The molecular formula is C17H21NO. The maximum absolute atomic E-state index is 10.7. The molecule has 1 fully saturated rings. The molecule has 1 N–H and O–H groups in total. The van der Waals surface area contributed by atoms with Gasteiger partial charge in [0.15, 0.2) is 0 Å². The van der Waals surface area contributed by atoms with E-state index in [4.69, 9.17) is 0 Å². The second-order valence-corrected chi connectivity index (χ2v) is 5.89. The van der Waals surface area contributed by atoms with Gasteiger partial charge in [0.1, 0.15) is 0 Å². The quantitative estimate of drug-likeness (QED) is 0.876. The number of fused-ring (bicyclic) bond motifs is 1. The Morgan fingerprint density at radius 3 is 2.89 bits per heavy atom. The second-order valence-electron chi connectivity index (χ2n) is 5.89. The Labute approximate surface area is 114 Å². The van der Waals surface area contributed by atoms with Gasteiger partial charge in [-0.2, -0.15) is 0 Å². The predicted octanol–water partition coefficient (Wildman–Crippen LogP) is 4.09. The van der Waals surface area contributed by atoms with E-state index in [-0.39, 0.29) is 6.10 Å². The summed E-state index contributed by atoms with van der Waals surface area (Å²) in [6, 6.07) is 10.1. The fraction of sp³-hybridized carbons (Fsp3) is 0.471. The summed E-state index contributed by atoms with van der Waals surface area (Å²) in [6.45, 7) is 2.30. The zero-order valence-electron chi connectivity index (χ0n) is 11.4. The first-order valence-corrected chi connectivity index (χ1v) is 7.27. The molecule has 0 radical (unpaired) electrons. The highest BCUT2D eigenvalue weighted by Crippen LogP contribution is 2.38. The normalized spacial score (nSPS) is 25.4. The molecule has 0 aliphatic heterocycles. The molecule has 0 bridgehead atoms. The molecule has 1 aliphatic carbocycles. The van der Waals surface area contributed by atoms with Crippen LogP contribution in [-0.2, 0) is 0 Å².